The van der Waals surface area contributed by atoms with Crippen LogP contribution in [0, 0.1) is 0 Å². The normalized spacial score (nSPS) is 14.9. The third kappa shape index (κ3) is 14.5. The second kappa shape index (κ2) is 17.7. The lowest BCUT2D eigenvalue weighted by molar-refractivity contribution is -0.137. The summed E-state index contributed by atoms with van der Waals surface area (Å²) in [4.78, 5) is 10.5. The van der Waals surface area contributed by atoms with E-state index in [-0.39, 0.29) is 18.6 Å². The molecule has 0 saturated carbocycles. The van der Waals surface area contributed by atoms with E-state index in [0.717, 1.165) is 51.4 Å². The summed E-state index contributed by atoms with van der Waals surface area (Å²) in [5.41, 5.74) is 0. The van der Waals surface area contributed by atoms with Crippen molar-refractivity contribution >= 4 is 5.97 Å². The van der Waals surface area contributed by atoms with Crippen LogP contribution in [0.1, 0.15) is 90.4 Å². The zero-order valence-electron chi connectivity index (χ0n) is 17.5. The fraction of sp³-hybridized carbons (Fsp3) is 0.952. The molecule has 0 aromatic carbocycles. The SMILES string of the molecule is CCCCCCC(CCC(CC(CCCCCC(=O)O)OC)OC)OC. The van der Waals surface area contributed by atoms with Gasteiger partial charge in [-0.05, 0) is 38.5 Å². The van der Waals surface area contributed by atoms with Crippen molar-refractivity contribution in [2.75, 3.05) is 21.3 Å². The van der Waals surface area contributed by atoms with Crippen molar-refractivity contribution < 1.29 is 24.1 Å². The van der Waals surface area contributed by atoms with E-state index >= 15 is 0 Å². The molecule has 0 aromatic rings. The molecule has 26 heavy (non-hydrogen) atoms. The summed E-state index contributed by atoms with van der Waals surface area (Å²) >= 11 is 0. The van der Waals surface area contributed by atoms with Crippen LogP contribution in [0.25, 0.3) is 0 Å². The highest BCUT2D eigenvalue weighted by Crippen LogP contribution is 2.20. The van der Waals surface area contributed by atoms with Crippen molar-refractivity contribution in [1.82, 2.24) is 0 Å². The van der Waals surface area contributed by atoms with Gasteiger partial charge < -0.3 is 19.3 Å². The molecule has 0 rings (SSSR count). The Balaban J connectivity index is 4.04. The molecule has 0 heterocycles. The summed E-state index contributed by atoms with van der Waals surface area (Å²) in [6, 6.07) is 0. The van der Waals surface area contributed by atoms with E-state index in [1.807, 2.05) is 0 Å². The lowest BCUT2D eigenvalue weighted by Crippen LogP contribution is -2.23. The Kier molecular flexibility index (Phi) is 17.3. The second-order valence-electron chi connectivity index (χ2n) is 7.23. The van der Waals surface area contributed by atoms with Crippen LogP contribution in [0.15, 0.2) is 0 Å². The molecule has 1 N–H and O–H groups in total. The van der Waals surface area contributed by atoms with Crippen molar-refractivity contribution in [2.45, 2.75) is 109 Å². The number of rotatable bonds is 19. The highest BCUT2D eigenvalue weighted by molar-refractivity contribution is 5.66. The average Bonchev–Trinajstić information content (AvgIpc) is 2.64. The molecular weight excluding hydrogens is 332 g/mol. The van der Waals surface area contributed by atoms with E-state index < -0.39 is 5.97 Å². The van der Waals surface area contributed by atoms with Crippen molar-refractivity contribution in [2.24, 2.45) is 0 Å². The molecule has 3 atom stereocenters. The summed E-state index contributed by atoms with van der Waals surface area (Å²) in [6.45, 7) is 2.23. The molecule has 0 radical (unpaired) electrons. The maximum Gasteiger partial charge on any atom is 0.303 e. The number of hydrogen-bond donors (Lipinski definition) is 1. The fourth-order valence-electron chi connectivity index (χ4n) is 3.33. The monoisotopic (exact) mass is 374 g/mol. The van der Waals surface area contributed by atoms with Gasteiger partial charge in [0.25, 0.3) is 0 Å². The van der Waals surface area contributed by atoms with E-state index in [1.54, 1.807) is 21.3 Å². The van der Waals surface area contributed by atoms with Crippen molar-refractivity contribution in [3.05, 3.63) is 0 Å². The Morgan fingerprint density at radius 1 is 0.731 bits per heavy atom. The Morgan fingerprint density at radius 3 is 1.77 bits per heavy atom. The van der Waals surface area contributed by atoms with Crippen LogP contribution in [0.4, 0.5) is 0 Å². The van der Waals surface area contributed by atoms with Gasteiger partial charge in [0.2, 0.25) is 0 Å². The first-order valence-electron chi connectivity index (χ1n) is 10.4. The molecule has 0 amide bonds. The molecule has 0 aliphatic heterocycles. The van der Waals surface area contributed by atoms with Crippen molar-refractivity contribution in [3.8, 4) is 0 Å². The molecule has 3 unspecified atom stereocenters. The van der Waals surface area contributed by atoms with E-state index in [4.69, 9.17) is 19.3 Å². The Morgan fingerprint density at radius 2 is 1.23 bits per heavy atom. The predicted octanol–water partition coefficient (Wildman–Crippen LogP) is 5.21. The minimum absolute atomic E-state index is 0.176. The lowest BCUT2D eigenvalue weighted by Gasteiger charge is -2.23. The fourth-order valence-corrected chi connectivity index (χ4v) is 3.33. The zero-order chi connectivity index (χ0) is 19.6. The van der Waals surface area contributed by atoms with Gasteiger partial charge in [-0.1, -0.05) is 45.4 Å². The summed E-state index contributed by atoms with van der Waals surface area (Å²) in [7, 11) is 5.33. The smallest absolute Gasteiger partial charge is 0.303 e. The van der Waals surface area contributed by atoms with E-state index in [0.29, 0.717) is 6.10 Å². The molecule has 156 valence electrons. The van der Waals surface area contributed by atoms with Gasteiger partial charge in [-0.25, -0.2) is 0 Å². The number of hydrogen-bond acceptors (Lipinski definition) is 4. The molecule has 0 bridgehead atoms. The molecule has 0 aliphatic carbocycles. The van der Waals surface area contributed by atoms with Gasteiger partial charge in [0, 0.05) is 27.8 Å². The van der Waals surface area contributed by atoms with Crippen LogP contribution >= 0.6 is 0 Å². The van der Waals surface area contributed by atoms with Gasteiger partial charge in [-0.2, -0.15) is 0 Å². The molecule has 0 aromatic heterocycles. The van der Waals surface area contributed by atoms with E-state index in [9.17, 15) is 4.79 Å². The Hall–Kier alpha value is -0.650. The zero-order valence-corrected chi connectivity index (χ0v) is 17.5. The minimum Gasteiger partial charge on any atom is -0.481 e. The van der Waals surface area contributed by atoms with Crippen molar-refractivity contribution in [1.29, 1.82) is 0 Å². The van der Waals surface area contributed by atoms with Crippen LogP contribution in [0.3, 0.4) is 0 Å². The summed E-state index contributed by atoms with van der Waals surface area (Å²) < 4.78 is 16.9. The number of aliphatic carboxylic acids is 1. The molecule has 5 heteroatoms. The number of carboxylic acids is 1. The van der Waals surface area contributed by atoms with Crippen molar-refractivity contribution in [3.63, 3.8) is 0 Å². The predicted molar refractivity (Wildman–Crippen MR) is 106 cm³/mol. The average molecular weight is 375 g/mol. The highest BCUT2D eigenvalue weighted by atomic mass is 16.5. The van der Waals surface area contributed by atoms with Gasteiger partial charge in [0.05, 0.1) is 18.3 Å². The first-order valence-corrected chi connectivity index (χ1v) is 10.4. The number of carboxylic acid groups (broad SMARTS) is 1. The third-order valence-corrected chi connectivity index (χ3v) is 5.13. The number of carbonyl (C=O) groups is 1. The molecule has 0 spiro atoms. The standard InChI is InChI=1S/C21H42O5/c1-5-6-7-9-12-18(24-2)15-16-20(26-4)17-19(25-3)13-10-8-11-14-21(22)23/h18-20H,5-17H2,1-4H3,(H,22,23). The minimum atomic E-state index is -0.713. The van der Waals surface area contributed by atoms with Gasteiger partial charge >= 0.3 is 5.97 Å². The van der Waals surface area contributed by atoms with Crippen LogP contribution in [-0.4, -0.2) is 50.7 Å². The number of ether oxygens (including phenoxy) is 3. The number of unbranched alkanes of at least 4 members (excludes halogenated alkanes) is 5. The molecule has 5 nitrogen and oxygen atoms in total. The largest absolute Gasteiger partial charge is 0.481 e. The first-order chi connectivity index (χ1) is 12.6. The van der Waals surface area contributed by atoms with E-state index in [2.05, 4.69) is 6.92 Å². The van der Waals surface area contributed by atoms with E-state index in [1.165, 1.54) is 25.7 Å². The quantitative estimate of drug-likeness (QED) is 0.315. The first kappa shape index (κ1) is 25.4. The van der Waals surface area contributed by atoms with Crippen LogP contribution in [0.5, 0.6) is 0 Å². The molecule has 0 fully saturated rings. The Labute approximate surface area is 160 Å². The highest BCUT2D eigenvalue weighted by Gasteiger charge is 2.18. The van der Waals surface area contributed by atoms with Crippen LogP contribution in [-0.2, 0) is 19.0 Å². The molecule has 0 aliphatic rings. The summed E-state index contributed by atoms with van der Waals surface area (Å²) in [5, 5.41) is 8.67. The molecule has 0 saturated heterocycles. The maximum absolute atomic E-state index is 10.5. The third-order valence-electron chi connectivity index (χ3n) is 5.13. The maximum atomic E-state index is 10.5. The summed E-state index contributed by atoms with van der Waals surface area (Å²) in [5.74, 6) is -0.713. The van der Waals surface area contributed by atoms with Gasteiger partial charge in [-0.3, -0.25) is 4.79 Å². The van der Waals surface area contributed by atoms with Gasteiger partial charge in [0.15, 0.2) is 0 Å². The Bertz CT molecular complexity index is 322. The summed E-state index contributed by atoms with van der Waals surface area (Å²) in [6.07, 6.45) is 13.7. The topological polar surface area (TPSA) is 65.0 Å². The molecular formula is C21H42O5. The number of methoxy groups -OCH3 is 3. The van der Waals surface area contributed by atoms with Crippen LogP contribution in [0.2, 0.25) is 0 Å². The van der Waals surface area contributed by atoms with Gasteiger partial charge in [0.1, 0.15) is 0 Å². The van der Waals surface area contributed by atoms with Gasteiger partial charge in [-0.15, -0.1) is 0 Å². The lowest BCUT2D eigenvalue weighted by atomic mass is 9.98. The second-order valence-corrected chi connectivity index (χ2v) is 7.23. The van der Waals surface area contributed by atoms with Crippen LogP contribution < -0.4 is 0 Å².